The standard InChI is InChI=1S/C16H14N4O2/c21-14-6-5-10(7-17-14)16(22)20-8-11(9-20)15-18-12-3-1-2-4-13(12)19-15/h1-7,11H,8-9H2,(H,17,21)(H,18,19). The second-order valence-electron chi connectivity index (χ2n) is 5.49. The molecule has 0 atom stereocenters. The van der Waals surface area contributed by atoms with Gasteiger partial charge >= 0.3 is 0 Å². The number of nitrogens with zero attached hydrogens (tertiary/aromatic N) is 2. The molecule has 1 saturated heterocycles. The van der Waals surface area contributed by atoms with Gasteiger partial charge in [0, 0.05) is 25.4 Å². The largest absolute Gasteiger partial charge is 0.342 e. The van der Waals surface area contributed by atoms with Crippen molar-refractivity contribution in [1.82, 2.24) is 19.9 Å². The SMILES string of the molecule is O=C(c1ccc(=O)[nH]c1)N1CC(c2nc3ccccc3[nH]2)C1. The predicted molar refractivity (Wildman–Crippen MR) is 81.8 cm³/mol. The van der Waals surface area contributed by atoms with E-state index >= 15 is 0 Å². The summed E-state index contributed by atoms with van der Waals surface area (Å²) in [5.41, 5.74) is 2.26. The number of amides is 1. The number of pyridine rings is 1. The fraction of sp³-hybridized carbons (Fsp3) is 0.188. The van der Waals surface area contributed by atoms with Crippen molar-refractivity contribution in [2.24, 2.45) is 0 Å². The van der Waals surface area contributed by atoms with Gasteiger partial charge in [0.15, 0.2) is 0 Å². The molecule has 3 heterocycles. The number of nitrogens with one attached hydrogen (secondary N) is 2. The number of rotatable bonds is 2. The number of imidazole rings is 1. The van der Waals surface area contributed by atoms with Gasteiger partial charge in [-0.1, -0.05) is 12.1 Å². The first-order valence-corrected chi connectivity index (χ1v) is 7.13. The molecule has 1 aromatic carbocycles. The van der Waals surface area contributed by atoms with E-state index in [1.807, 2.05) is 24.3 Å². The van der Waals surface area contributed by atoms with E-state index in [0.29, 0.717) is 18.7 Å². The van der Waals surface area contributed by atoms with Crippen LogP contribution in [0.2, 0.25) is 0 Å². The Kier molecular flexibility index (Phi) is 2.82. The summed E-state index contributed by atoms with van der Waals surface area (Å²) < 4.78 is 0. The van der Waals surface area contributed by atoms with E-state index in [-0.39, 0.29) is 17.4 Å². The van der Waals surface area contributed by atoms with E-state index in [2.05, 4.69) is 15.0 Å². The van der Waals surface area contributed by atoms with E-state index in [0.717, 1.165) is 16.9 Å². The molecule has 22 heavy (non-hydrogen) atoms. The van der Waals surface area contributed by atoms with Crippen molar-refractivity contribution in [3.63, 3.8) is 0 Å². The number of fused-ring (bicyclic) bond motifs is 1. The number of aromatic nitrogens is 3. The lowest BCUT2D eigenvalue weighted by Crippen LogP contribution is -2.48. The minimum Gasteiger partial charge on any atom is -0.342 e. The number of carbonyl (C=O) groups is 1. The summed E-state index contributed by atoms with van der Waals surface area (Å²) in [5, 5.41) is 0. The molecule has 3 aromatic rings. The minimum atomic E-state index is -0.208. The highest BCUT2D eigenvalue weighted by Crippen LogP contribution is 2.27. The number of likely N-dealkylation sites (tertiary alicyclic amines) is 1. The Balaban J connectivity index is 1.48. The summed E-state index contributed by atoms with van der Waals surface area (Å²) in [6.07, 6.45) is 1.46. The van der Waals surface area contributed by atoms with Crippen LogP contribution < -0.4 is 5.56 Å². The highest BCUT2D eigenvalue weighted by Gasteiger charge is 2.34. The van der Waals surface area contributed by atoms with Crippen LogP contribution in [0.5, 0.6) is 0 Å². The fourth-order valence-corrected chi connectivity index (χ4v) is 2.71. The topological polar surface area (TPSA) is 81.8 Å². The van der Waals surface area contributed by atoms with Crippen molar-refractivity contribution in [2.75, 3.05) is 13.1 Å². The van der Waals surface area contributed by atoms with E-state index in [1.54, 1.807) is 11.0 Å². The molecule has 2 N–H and O–H groups in total. The van der Waals surface area contributed by atoms with Crippen LogP contribution in [0.25, 0.3) is 11.0 Å². The Morgan fingerprint density at radius 3 is 2.73 bits per heavy atom. The summed E-state index contributed by atoms with van der Waals surface area (Å²) >= 11 is 0. The average molecular weight is 294 g/mol. The Labute approximate surface area is 125 Å². The second kappa shape index (κ2) is 4.84. The average Bonchev–Trinajstić information content (AvgIpc) is 2.89. The van der Waals surface area contributed by atoms with Gasteiger partial charge in [0.1, 0.15) is 5.82 Å². The molecule has 0 unspecified atom stereocenters. The number of hydrogen-bond donors (Lipinski definition) is 2. The predicted octanol–water partition coefficient (Wildman–Crippen LogP) is 1.49. The minimum absolute atomic E-state index is 0.0661. The summed E-state index contributed by atoms with van der Waals surface area (Å²) in [5.74, 6) is 1.09. The van der Waals surface area contributed by atoms with Gasteiger partial charge in [0.2, 0.25) is 5.56 Å². The molecule has 0 spiro atoms. The number of para-hydroxylation sites is 2. The van der Waals surface area contributed by atoms with Gasteiger partial charge in [0.05, 0.1) is 22.5 Å². The van der Waals surface area contributed by atoms with Crippen LogP contribution in [0.4, 0.5) is 0 Å². The molecule has 0 aliphatic carbocycles. The second-order valence-corrected chi connectivity index (χ2v) is 5.49. The van der Waals surface area contributed by atoms with E-state index < -0.39 is 0 Å². The Morgan fingerprint density at radius 1 is 1.18 bits per heavy atom. The maximum atomic E-state index is 12.3. The van der Waals surface area contributed by atoms with Crippen LogP contribution in [-0.4, -0.2) is 38.8 Å². The summed E-state index contributed by atoms with van der Waals surface area (Å²) in [6, 6.07) is 10.8. The smallest absolute Gasteiger partial charge is 0.255 e. The number of benzene rings is 1. The van der Waals surface area contributed by atoms with Crippen molar-refractivity contribution >= 4 is 16.9 Å². The van der Waals surface area contributed by atoms with Crippen LogP contribution in [0, 0.1) is 0 Å². The first-order chi connectivity index (χ1) is 10.7. The lowest BCUT2D eigenvalue weighted by Gasteiger charge is -2.38. The Morgan fingerprint density at radius 2 is 2.00 bits per heavy atom. The van der Waals surface area contributed by atoms with Crippen LogP contribution >= 0.6 is 0 Å². The zero-order chi connectivity index (χ0) is 15.1. The van der Waals surface area contributed by atoms with Gasteiger partial charge in [-0.05, 0) is 18.2 Å². The molecule has 6 heteroatoms. The zero-order valence-corrected chi connectivity index (χ0v) is 11.7. The third-order valence-corrected chi connectivity index (χ3v) is 3.99. The number of H-pyrrole nitrogens is 2. The van der Waals surface area contributed by atoms with Gasteiger partial charge in [-0.3, -0.25) is 9.59 Å². The molecule has 0 bridgehead atoms. The van der Waals surface area contributed by atoms with E-state index in [4.69, 9.17) is 0 Å². The molecule has 0 radical (unpaired) electrons. The van der Waals surface area contributed by atoms with E-state index in [9.17, 15) is 9.59 Å². The first-order valence-electron chi connectivity index (χ1n) is 7.13. The molecule has 110 valence electrons. The van der Waals surface area contributed by atoms with Crippen molar-refractivity contribution in [3.05, 3.63) is 64.3 Å². The molecule has 1 amide bonds. The fourth-order valence-electron chi connectivity index (χ4n) is 2.71. The van der Waals surface area contributed by atoms with Crippen LogP contribution in [0.15, 0.2) is 47.4 Å². The normalized spacial score (nSPS) is 15.0. The maximum Gasteiger partial charge on any atom is 0.255 e. The molecule has 1 fully saturated rings. The van der Waals surface area contributed by atoms with Gasteiger partial charge in [-0.25, -0.2) is 4.98 Å². The van der Waals surface area contributed by atoms with Crippen LogP contribution in [0.3, 0.4) is 0 Å². The molecule has 4 rings (SSSR count). The summed E-state index contributed by atoms with van der Waals surface area (Å²) in [6.45, 7) is 1.27. The third-order valence-electron chi connectivity index (χ3n) is 3.99. The third kappa shape index (κ3) is 2.09. The molecular weight excluding hydrogens is 280 g/mol. The lowest BCUT2D eigenvalue weighted by molar-refractivity contribution is 0.0595. The van der Waals surface area contributed by atoms with Gasteiger partial charge in [0.25, 0.3) is 5.91 Å². The quantitative estimate of drug-likeness (QED) is 0.751. The first kappa shape index (κ1) is 12.8. The monoisotopic (exact) mass is 294 g/mol. The number of hydrogen-bond acceptors (Lipinski definition) is 3. The molecule has 6 nitrogen and oxygen atoms in total. The van der Waals surface area contributed by atoms with Crippen molar-refractivity contribution in [3.8, 4) is 0 Å². The Bertz CT molecular complexity index is 852. The number of carbonyl (C=O) groups excluding carboxylic acids is 1. The van der Waals surface area contributed by atoms with Gasteiger partial charge in [-0.15, -0.1) is 0 Å². The molecule has 0 saturated carbocycles. The van der Waals surface area contributed by atoms with E-state index in [1.165, 1.54) is 12.3 Å². The lowest BCUT2D eigenvalue weighted by atomic mass is 9.98. The summed E-state index contributed by atoms with van der Waals surface area (Å²) in [7, 11) is 0. The van der Waals surface area contributed by atoms with Crippen molar-refractivity contribution in [1.29, 1.82) is 0 Å². The zero-order valence-electron chi connectivity index (χ0n) is 11.7. The number of aromatic amines is 2. The van der Waals surface area contributed by atoms with Crippen molar-refractivity contribution in [2.45, 2.75) is 5.92 Å². The molecular formula is C16H14N4O2. The highest BCUT2D eigenvalue weighted by molar-refractivity contribution is 5.94. The molecule has 1 aliphatic rings. The van der Waals surface area contributed by atoms with Gasteiger partial charge < -0.3 is 14.9 Å². The summed E-state index contributed by atoms with van der Waals surface area (Å²) in [4.78, 5) is 35.4. The molecule has 2 aromatic heterocycles. The van der Waals surface area contributed by atoms with Crippen LogP contribution in [-0.2, 0) is 0 Å². The molecule has 1 aliphatic heterocycles. The van der Waals surface area contributed by atoms with Crippen molar-refractivity contribution < 1.29 is 4.79 Å². The Hall–Kier alpha value is -2.89. The highest BCUT2D eigenvalue weighted by atomic mass is 16.2. The maximum absolute atomic E-state index is 12.3. The van der Waals surface area contributed by atoms with Gasteiger partial charge in [-0.2, -0.15) is 0 Å². The van der Waals surface area contributed by atoms with Crippen LogP contribution in [0.1, 0.15) is 22.1 Å².